The van der Waals surface area contributed by atoms with Crippen LogP contribution in [0.1, 0.15) is 33.6 Å². The number of carbonyl (C=O) groups is 2. The minimum Gasteiger partial charge on any atom is -0.291 e. The zero-order valence-electron chi connectivity index (χ0n) is 7.31. The van der Waals surface area contributed by atoms with Crippen LogP contribution in [0, 0.1) is 0 Å². The molecule has 0 fully saturated rings. The third kappa shape index (κ3) is 3.71. The standard InChI is InChI=1S/C9H14O2/c1-4-7(3)6-9(11)8(10)5-2/h6H,4-5H2,1-3H3. The monoisotopic (exact) mass is 154 g/mol. The zero-order chi connectivity index (χ0) is 8.85. The highest BCUT2D eigenvalue weighted by atomic mass is 16.2. The van der Waals surface area contributed by atoms with Crippen LogP contribution in [-0.2, 0) is 9.59 Å². The van der Waals surface area contributed by atoms with E-state index in [1.807, 2.05) is 13.8 Å². The van der Waals surface area contributed by atoms with Gasteiger partial charge in [-0.3, -0.25) is 9.59 Å². The molecule has 0 radical (unpaired) electrons. The minimum absolute atomic E-state index is 0.298. The molecule has 0 aliphatic heterocycles. The smallest absolute Gasteiger partial charge is 0.221 e. The van der Waals surface area contributed by atoms with Crippen molar-refractivity contribution in [2.45, 2.75) is 33.6 Å². The maximum absolute atomic E-state index is 10.9. The second-order valence-electron chi connectivity index (χ2n) is 2.49. The summed E-state index contributed by atoms with van der Waals surface area (Å²) in [7, 11) is 0. The number of allylic oxidation sites excluding steroid dienone is 2. The van der Waals surface area contributed by atoms with Gasteiger partial charge in [0.05, 0.1) is 0 Å². The van der Waals surface area contributed by atoms with Gasteiger partial charge < -0.3 is 0 Å². The third-order valence-electron chi connectivity index (χ3n) is 1.53. The van der Waals surface area contributed by atoms with Gasteiger partial charge in [0.15, 0.2) is 0 Å². The molecule has 2 nitrogen and oxygen atoms in total. The summed E-state index contributed by atoms with van der Waals surface area (Å²) in [4.78, 5) is 21.7. The fraction of sp³-hybridized carbons (Fsp3) is 0.556. The van der Waals surface area contributed by atoms with Crippen LogP contribution in [0.4, 0.5) is 0 Å². The van der Waals surface area contributed by atoms with E-state index in [-0.39, 0.29) is 11.6 Å². The van der Waals surface area contributed by atoms with Gasteiger partial charge in [-0.1, -0.05) is 19.4 Å². The van der Waals surface area contributed by atoms with Crippen molar-refractivity contribution >= 4 is 11.6 Å². The largest absolute Gasteiger partial charge is 0.291 e. The Morgan fingerprint density at radius 2 is 1.73 bits per heavy atom. The average Bonchev–Trinajstić information content (AvgIpc) is 2.02. The number of ketones is 2. The molecule has 0 amide bonds. The molecule has 0 bridgehead atoms. The maximum atomic E-state index is 10.9. The molecular formula is C9H14O2. The summed E-state index contributed by atoms with van der Waals surface area (Å²) in [6.07, 6.45) is 2.54. The Hall–Kier alpha value is -0.920. The molecule has 0 N–H and O–H groups in total. The summed E-state index contributed by atoms with van der Waals surface area (Å²) < 4.78 is 0. The number of hydrogen-bond acceptors (Lipinski definition) is 2. The Labute approximate surface area is 67.3 Å². The molecule has 2 heteroatoms. The topological polar surface area (TPSA) is 34.1 Å². The lowest BCUT2D eigenvalue weighted by molar-refractivity contribution is -0.133. The van der Waals surface area contributed by atoms with E-state index in [0.29, 0.717) is 6.42 Å². The lowest BCUT2D eigenvalue weighted by Gasteiger charge is -1.93. The lowest BCUT2D eigenvalue weighted by Crippen LogP contribution is -2.09. The Kier molecular flexibility index (Phi) is 4.42. The first-order valence-electron chi connectivity index (χ1n) is 3.86. The molecule has 0 aliphatic carbocycles. The highest BCUT2D eigenvalue weighted by molar-refractivity contribution is 6.41. The minimum atomic E-state index is -0.369. The molecule has 0 atom stereocenters. The summed E-state index contributed by atoms with van der Waals surface area (Å²) >= 11 is 0. The summed E-state index contributed by atoms with van der Waals surface area (Å²) in [6.45, 7) is 5.49. The van der Waals surface area contributed by atoms with Gasteiger partial charge in [0.25, 0.3) is 0 Å². The number of carbonyl (C=O) groups excluding carboxylic acids is 2. The van der Waals surface area contributed by atoms with Crippen LogP contribution in [-0.4, -0.2) is 11.6 Å². The number of rotatable bonds is 4. The van der Waals surface area contributed by atoms with Crippen molar-refractivity contribution in [3.63, 3.8) is 0 Å². The van der Waals surface area contributed by atoms with E-state index < -0.39 is 0 Å². The van der Waals surface area contributed by atoms with Gasteiger partial charge in [0.2, 0.25) is 11.6 Å². The first kappa shape index (κ1) is 10.1. The van der Waals surface area contributed by atoms with Crippen molar-refractivity contribution in [1.29, 1.82) is 0 Å². The van der Waals surface area contributed by atoms with Gasteiger partial charge in [-0.15, -0.1) is 0 Å². The molecule has 0 aromatic carbocycles. The molecular weight excluding hydrogens is 140 g/mol. The summed E-state index contributed by atoms with van der Waals surface area (Å²) in [6, 6.07) is 0. The Balaban J connectivity index is 4.17. The Morgan fingerprint density at radius 1 is 1.18 bits per heavy atom. The van der Waals surface area contributed by atoms with Gasteiger partial charge in [-0.2, -0.15) is 0 Å². The fourth-order valence-electron chi connectivity index (χ4n) is 0.581. The van der Waals surface area contributed by atoms with Crippen molar-refractivity contribution < 1.29 is 9.59 Å². The fourth-order valence-corrected chi connectivity index (χ4v) is 0.581. The molecule has 62 valence electrons. The maximum Gasteiger partial charge on any atom is 0.221 e. The number of Topliss-reactive ketones (excluding diaryl/α,β-unsaturated/α-hetero) is 1. The van der Waals surface area contributed by atoms with Crippen molar-refractivity contribution in [3.05, 3.63) is 11.6 Å². The van der Waals surface area contributed by atoms with Crippen LogP contribution in [0.15, 0.2) is 11.6 Å². The Morgan fingerprint density at radius 3 is 2.09 bits per heavy atom. The second kappa shape index (κ2) is 4.83. The molecule has 0 saturated heterocycles. The van der Waals surface area contributed by atoms with Gasteiger partial charge in [-0.25, -0.2) is 0 Å². The highest BCUT2D eigenvalue weighted by Crippen LogP contribution is 1.98. The van der Waals surface area contributed by atoms with Crippen LogP contribution in [0.5, 0.6) is 0 Å². The number of hydrogen-bond donors (Lipinski definition) is 0. The van der Waals surface area contributed by atoms with Gasteiger partial charge in [0, 0.05) is 6.42 Å². The molecule has 0 spiro atoms. The molecule has 0 aromatic rings. The van der Waals surface area contributed by atoms with Crippen molar-refractivity contribution in [1.82, 2.24) is 0 Å². The first-order chi connectivity index (χ1) is 5.11. The van der Waals surface area contributed by atoms with Gasteiger partial charge >= 0.3 is 0 Å². The van der Waals surface area contributed by atoms with Crippen LogP contribution >= 0.6 is 0 Å². The molecule has 0 unspecified atom stereocenters. The van der Waals surface area contributed by atoms with Crippen molar-refractivity contribution in [2.24, 2.45) is 0 Å². The van der Waals surface area contributed by atoms with E-state index >= 15 is 0 Å². The van der Waals surface area contributed by atoms with Crippen LogP contribution in [0.3, 0.4) is 0 Å². The van der Waals surface area contributed by atoms with Gasteiger partial charge in [-0.05, 0) is 19.4 Å². The summed E-state index contributed by atoms with van der Waals surface area (Å²) in [5, 5.41) is 0. The zero-order valence-corrected chi connectivity index (χ0v) is 7.31. The molecule has 0 aliphatic rings. The normalized spacial score (nSPS) is 11.4. The van der Waals surface area contributed by atoms with Crippen molar-refractivity contribution in [2.75, 3.05) is 0 Å². The van der Waals surface area contributed by atoms with Crippen LogP contribution in [0.25, 0.3) is 0 Å². The van der Waals surface area contributed by atoms with Crippen LogP contribution in [0.2, 0.25) is 0 Å². The molecule has 11 heavy (non-hydrogen) atoms. The first-order valence-corrected chi connectivity index (χ1v) is 3.86. The second-order valence-corrected chi connectivity index (χ2v) is 2.49. The van der Waals surface area contributed by atoms with E-state index in [1.165, 1.54) is 6.08 Å². The predicted octanol–water partition coefficient (Wildman–Crippen LogP) is 1.89. The summed E-state index contributed by atoms with van der Waals surface area (Å²) in [5.74, 6) is -0.676. The van der Waals surface area contributed by atoms with Crippen molar-refractivity contribution in [3.8, 4) is 0 Å². The average molecular weight is 154 g/mol. The third-order valence-corrected chi connectivity index (χ3v) is 1.53. The quantitative estimate of drug-likeness (QED) is 0.457. The van der Waals surface area contributed by atoms with E-state index in [1.54, 1.807) is 6.92 Å². The molecule has 0 rings (SSSR count). The lowest BCUT2D eigenvalue weighted by atomic mass is 10.1. The van der Waals surface area contributed by atoms with E-state index in [4.69, 9.17) is 0 Å². The Bertz CT molecular complexity index is 190. The molecule has 0 aromatic heterocycles. The van der Waals surface area contributed by atoms with Crippen LogP contribution < -0.4 is 0 Å². The predicted molar refractivity (Wildman–Crippen MR) is 44.4 cm³/mol. The summed E-state index contributed by atoms with van der Waals surface area (Å²) in [5.41, 5.74) is 0.955. The SMILES string of the molecule is CCC(=O)C(=O)C=C(C)CC. The highest BCUT2D eigenvalue weighted by Gasteiger charge is 2.06. The molecule has 0 saturated carbocycles. The van der Waals surface area contributed by atoms with Gasteiger partial charge in [0.1, 0.15) is 0 Å². The van der Waals surface area contributed by atoms with E-state index in [2.05, 4.69) is 0 Å². The van der Waals surface area contributed by atoms with E-state index in [0.717, 1.165) is 12.0 Å². The van der Waals surface area contributed by atoms with E-state index in [9.17, 15) is 9.59 Å². The molecule has 0 heterocycles.